The number of nitrogens with one attached hydrogen (secondary N) is 2. The average molecular weight is 363 g/mol. The molecule has 1 aromatic heterocycles. The molecule has 2 N–H and O–H groups in total. The maximum Gasteiger partial charge on any atom is 0.275 e. The highest BCUT2D eigenvalue weighted by molar-refractivity contribution is 9.10. The first-order valence-corrected chi connectivity index (χ1v) is 7.96. The summed E-state index contributed by atoms with van der Waals surface area (Å²) in [5.74, 6) is 1.04. The minimum atomic E-state index is -0.274. The molecular weight excluding hydrogens is 344 g/mol. The number of carbonyl (C=O) groups is 1. The van der Waals surface area contributed by atoms with Crippen molar-refractivity contribution >= 4 is 33.3 Å². The molecule has 116 valence electrons. The monoisotopic (exact) mass is 362 g/mol. The van der Waals surface area contributed by atoms with Crippen LogP contribution in [0.1, 0.15) is 30.8 Å². The average Bonchev–Trinajstić information content (AvgIpc) is 2.50. The second-order valence-electron chi connectivity index (χ2n) is 5.36. The van der Waals surface area contributed by atoms with Crippen molar-refractivity contribution in [1.29, 1.82) is 0 Å². The summed E-state index contributed by atoms with van der Waals surface area (Å²) in [6.07, 6.45) is 4.12. The van der Waals surface area contributed by atoms with Crippen LogP contribution in [-0.4, -0.2) is 22.4 Å². The van der Waals surface area contributed by atoms with E-state index in [2.05, 4.69) is 50.4 Å². The second-order valence-corrected chi connectivity index (χ2v) is 6.27. The van der Waals surface area contributed by atoms with Crippen LogP contribution >= 0.6 is 15.9 Å². The van der Waals surface area contributed by atoms with E-state index in [0.29, 0.717) is 17.4 Å². The van der Waals surface area contributed by atoms with Gasteiger partial charge in [0.2, 0.25) is 0 Å². The SMILES string of the molecule is CC(C)CCNc1cnc(C(=O)Nc2ccc(Br)cc2)cn1. The lowest BCUT2D eigenvalue weighted by atomic mass is 10.1. The molecule has 1 amide bonds. The Morgan fingerprint density at radius 3 is 2.50 bits per heavy atom. The third-order valence-electron chi connectivity index (χ3n) is 3.01. The van der Waals surface area contributed by atoms with E-state index in [1.165, 1.54) is 6.20 Å². The smallest absolute Gasteiger partial charge is 0.275 e. The van der Waals surface area contributed by atoms with Gasteiger partial charge in [0.05, 0.1) is 12.4 Å². The van der Waals surface area contributed by atoms with Crippen LogP contribution < -0.4 is 10.6 Å². The van der Waals surface area contributed by atoms with Crippen LogP contribution in [0.2, 0.25) is 0 Å². The number of amides is 1. The predicted octanol–water partition coefficient (Wildman–Crippen LogP) is 3.95. The first kappa shape index (κ1) is 16.4. The molecule has 0 aliphatic carbocycles. The minimum Gasteiger partial charge on any atom is -0.369 e. The van der Waals surface area contributed by atoms with Gasteiger partial charge < -0.3 is 10.6 Å². The third-order valence-corrected chi connectivity index (χ3v) is 3.54. The fraction of sp³-hybridized carbons (Fsp3) is 0.312. The highest BCUT2D eigenvalue weighted by Gasteiger charge is 2.08. The zero-order valence-electron chi connectivity index (χ0n) is 12.6. The van der Waals surface area contributed by atoms with Crippen molar-refractivity contribution in [3.05, 3.63) is 46.8 Å². The molecule has 2 aromatic rings. The van der Waals surface area contributed by atoms with E-state index in [9.17, 15) is 4.79 Å². The van der Waals surface area contributed by atoms with Crippen molar-refractivity contribution in [3.8, 4) is 0 Å². The normalized spacial score (nSPS) is 10.5. The van der Waals surface area contributed by atoms with Crippen molar-refractivity contribution in [3.63, 3.8) is 0 Å². The summed E-state index contributed by atoms with van der Waals surface area (Å²) >= 11 is 3.35. The van der Waals surface area contributed by atoms with Gasteiger partial charge in [0.1, 0.15) is 11.5 Å². The number of hydrogen-bond acceptors (Lipinski definition) is 4. The molecule has 0 atom stereocenters. The number of aromatic nitrogens is 2. The van der Waals surface area contributed by atoms with Crippen LogP contribution in [0.5, 0.6) is 0 Å². The second kappa shape index (κ2) is 7.89. The minimum absolute atomic E-state index is 0.274. The predicted molar refractivity (Wildman–Crippen MR) is 92.1 cm³/mol. The van der Waals surface area contributed by atoms with Gasteiger partial charge in [-0.3, -0.25) is 4.79 Å². The molecule has 1 aromatic carbocycles. The first-order valence-electron chi connectivity index (χ1n) is 7.17. The highest BCUT2D eigenvalue weighted by atomic mass is 79.9. The van der Waals surface area contributed by atoms with Crippen molar-refractivity contribution in [1.82, 2.24) is 9.97 Å². The third kappa shape index (κ3) is 5.11. The standard InChI is InChI=1S/C16H19BrN4O/c1-11(2)7-8-18-15-10-19-14(9-20-15)16(22)21-13-5-3-12(17)4-6-13/h3-6,9-11H,7-8H2,1-2H3,(H,18,20)(H,21,22). The Labute approximate surface area is 138 Å². The molecule has 5 nitrogen and oxygen atoms in total. The Morgan fingerprint density at radius 2 is 1.91 bits per heavy atom. The molecule has 0 aliphatic rings. The van der Waals surface area contributed by atoms with Crippen LogP contribution in [0.25, 0.3) is 0 Å². The Kier molecular flexibility index (Phi) is 5.89. The van der Waals surface area contributed by atoms with E-state index >= 15 is 0 Å². The van der Waals surface area contributed by atoms with Crippen LogP contribution in [0.4, 0.5) is 11.5 Å². The number of carbonyl (C=O) groups excluding carboxylic acids is 1. The summed E-state index contributed by atoms with van der Waals surface area (Å²) in [7, 11) is 0. The van der Waals surface area contributed by atoms with E-state index in [4.69, 9.17) is 0 Å². The Morgan fingerprint density at radius 1 is 1.18 bits per heavy atom. The Hall–Kier alpha value is -1.95. The number of nitrogens with zero attached hydrogens (tertiary/aromatic N) is 2. The van der Waals surface area contributed by atoms with Crippen molar-refractivity contribution in [2.45, 2.75) is 20.3 Å². The first-order chi connectivity index (χ1) is 10.5. The highest BCUT2D eigenvalue weighted by Crippen LogP contribution is 2.14. The summed E-state index contributed by atoms with van der Waals surface area (Å²) in [4.78, 5) is 20.4. The lowest BCUT2D eigenvalue weighted by Gasteiger charge is -2.08. The van der Waals surface area contributed by atoms with Gasteiger partial charge in [0, 0.05) is 16.7 Å². The van der Waals surface area contributed by atoms with Gasteiger partial charge in [-0.1, -0.05) is 29.8 Å². The van der Waals surface area contributed by atoms with Crippen LogP contribution in [0.3, 0.4) is 0 Å². The maximum atomic E-state index is 12.1. The zero-order chi connectivity index (χ0) is 15.9. The van der Waals surface area contributed by atoms with Gasteiger partial charge in [-0.25, -0.2) is 9.97 Å². The van der Waals surface area contributed by atoms with Crippen molar-refractivity contribution in [2.24, 2.45) is 5.92 Å². The number of benzene rings is 1. The molecule has 0 unspecified atom stereocenters. The number of rotatable bonds is 6. The fourth-order valence-electron chi connectivity index (χ4n) is 1.75. The molecule has 0 bridgehead atoms. The van der Waals surface area contributed by atoms with Gasteiger partial charge >= 0.3 is 0 Å². The lowest BCUT2D eigenvalue weighted by Crippen LogP contribution is -2.14. The number of halogens is 1. The molecule has 1 heterocycles. The molecule has 22 heavy (non-hydrogen) atoms. The molecule has 0 spiro atoms. The van der Waals surface area contributed by atoms with Gasteiger partial charge in [-0.2, -0.15) is 0 Å². The number of anilines is 2. The molecule has 0 saturated heterocycles. The topological polar surface area (TPSA) is 66.9 Å². The van der Waals surface area contributed by atoms with E-state index in [0.717, 1.165) is 17.4 Å². The number of hydrogen-bond donors (Lipinski definition) is 2. The molecule has 6 heteroatoms. The summed E-state index contributed by atoms with van der Waals surface area (Å²) < 4.78 is 0.960. The Bertz CT molecular complexity index is 611. The van der Waals surface area contributed by atoms with Gasteiger partial charge in [-0.05, 0) is 36.6 Å². The van der Waals surface area contributed by atoms with Gasteiger partial charge in [0.25, 0.3) is 5.91 Å². The fourth-order valence-corrected chi connectivity index (χ4v) is 2.02. The van der Waals surface area contributed by atoms with E-state index in [1.54, 1.807) is 6.20 Å². The quantitative estimate of drug-likeness (QED) is 0.816. The molecular formula is C16H19BrN4O. The van der Waals surface area contributed by atoms with Gasteiger partial charge in [-0.15, -0.1) is 0 Å². The van der Waals surface area contributed by atoms with Crippen molar-refractivity contribution in [2.75, 3.05) is 17.2 Å². The van der Waals surface area contributed by atoms with E-state index in [1.807, 2.05) is 24.3 Å². The Balaban J connectivity index is 1.91. The van der Waals surface area contributed by atoms with E-state index in [-0.39, 0.29) is 11.6 Å². The largest absolute Gasteiger partial charge is 0.369 e. The molecule has 0 radical (unpaired) electrons. The van der Waals surface area contributed by atoms with Crippen LogP contribution in [0.15, 0.2) is 41.1 Å². The summed E-state index contributed by atoms with van der Waals surface area (Å²) in [5, 5.41) is 5.97. The molecule has 0 aliphatic heterocycles. The van der Waals surface area contributed by atoms with Crippen molar-refractivity contribution < 1.29 is 4.79 Å². The zero-order valence-corrected chi connectivity index (χ0v) is 14.2. The van der Waals surface area contributed by atoms with Crippen LogP contribution in [0, 0.1) is 5.92 Å². The maximum absolute atomic E-state index is 12.1. The summed E-state index contributed by atoms with van der Waals surface area (Å²) in [6.45, 7) is 5.18. The summed E-state index contributed by atoms with van der Waals surface area (Å²) in [6, 6.07) is 7.36. The van der Waals surface area contributed by atoms with E-state index < -0.39 is 0 Å². The molecule has 0 fully saturated rings. The molecule has 2 rings (SSSR count). The summed E-state index contributed by atoms with van der Waals surface area (Å²) in [5.41, 5.74) is 1.01. The van der Waals surface area contributed by atoms with Crippen LogP contribution in [-0.2, 0) is 0 Å². The lowest BCUT2D eigenvalue weighted by molar-refractivity contribution is 0.102. The van der Waals surface area contributed by atoms with Gasteiger partial charge in [0.15, 0.2) is 0 Å². The molecule has 0 saturated carbocycles.